The average Bonchev–Trinajstić information content (AvgIpc) is 2.47. The molecule has 0 saturated heterocycles. The first-order valence-corrected chi connectivity index (χ1v) is 6.89. The molecule has 20 heavy (non-hydrogen) atoms. The van der Waals surface area contributed by atoms with E-state index in [-0.39, 0.29) is 5.41 Å². The first-order chi connectivity index (χ1) is 9.78. The molecule has 1 saturated carbocycles. The molecular formula is C18H19O2. The summed E-state index contributed by atoms with van der Waals surface area (Å²) in [6, 6.07) is 16.9. The van der Waals surface area contributed by atoms with Gasteiger partial charge in [-0.2, -0.15) is 0 Å². The maximum atomic E-state index is 5.25. The Hall–Kier alpha value is -1.96. The van der Waals surface area contributed by atoms with Crippen LogP contribution in [0.25, 0.3) is 0 Å². The number of benzene rings is 2. The van der Waals surface area contributed by atoms with Gasteiger partial charge in [-0.3, -0.25) is 0 Å². The van der Waals surface area contributed by atoms with Gasteiger partial charge in [0.1, 0.15) is 11.5 Å². The minimum absolute atomic E-state index is 0.124. The summed E-state index contributed by atoms with van der Waals surface area (Å²) in [6.45, 7) is 0. The Morgan fingerprint density at radius 1 is 0.700 bits per heavy atom. The van der Waals surface area contributed by atoms with Crippen LogP contribution in [-0.2, 0) is 5.41 Å². The summed E-state index contributed by atoms with van der Waals surface area (Å²) < 4.78 is 10.5. The molecule has 0 bridgehead atoms. The molecule has 0 amide bonds. The van der Waals surface area contributed by atoms with Crippen molar-refractivity contribution in [2.75, 3.05) is 14.2 Å². The highest BCUT2D eigenvalue weighted by molar-refractivity contribution is 5.46. The summed E-state index contributed by atoms with van der Waals surface area (Å²) in [5.74, 6) is 1.81. The molecule has 1 aliphatic carbocycles. The molecular weight excluding hydrogens is 248 g/mol. The molecule has 2 aromatic carbocycles. The third-order valence-corrected chi connectivity index (χ3v) is 4.27. The van der Waals surface area contributed by atoms with Crippen LogP contribution < -0.4 is 9.47 Å². The van der Waals surface area contributed by atoms with E-state index in [2.05, 4.69) is 30.7 Å². The molecule has 0 aliphatic heterocycles. The standard InChI is InChI=1S/C18H19O2/c1-19-16-8-4-14(5-9-16)18(12-3-13-18)15-6-10-17(20-2)11-7-15/h3-11H,12-13H2,1-2H3. The highest BCUT2D eigenvalue weighted by Crippen LogP contribution is 2.48. The van der Waals surface area contributed by atoms with Crippen LogP contribution in [0.1, 0.15) is 24.0 Å². The van der Waals surface area contributed by atoms with E-state index in [0.717, 1.165) is 24.3 Å². The first kappa shape index (κ1) is 13.0. The molecule has 2 nitrogen and oxygen atoms in total. The molecule has 1 radical (unpaired) electrons. The third-order valence-electron chi connectivity index (χ3n) is 4.27. The van der Waals surface area contributed by atoms with Crippen molar-refractivity contribution in [3.63, 3.8) is 0 Å². The van der Waals surface area contributed by atoms with Crippen LogP contribution in [-0.4, -0.2) is 14.2 Å². The molecule has 0 heterocycles. The van der Waals surface area contributed by atoms with Gasteiger partial charge in [-0.25, -0.2) is 0 Å². The van der Waals surface area contributed by atoms with Crippen LogP contribution in [0.3, 0.4) is 0 Å². The van der Waals surface area contributed by atoms with Crippen LogP contribution in [0, 0.1) is 6.42 Å². The van der Waals surface area contributed by atoms with Gasteiger partial charge in [0.15, 0.2) is 0 Å². The lowest BCUT2D eigenvalue weighted by Crippen LogP contribution is -2.35. The fourth-order valence-corrected chi connectivity index (χ4v) is 2.89. The Morgan fingerprint density at radius 3 is 1.35 bits per heavy atom. The predicted molar refractivity (Wildman–Crippen MR) is 80.3 cm³/mol. The summed E-state index contributed by atoms with van der Waals surface area (Å²) in [6.07, 6.45) is 4.52. The van der Waals surface area contributed by atoms with E-state index in [1.807, 2.05) is 24.3 Å². The van der Waals surface area contributed by atoms with E-state index in [9.17, 15) is 0 Å². The molecule has 1 aliphatic rings. The van der Waals surface area contributed by atoms with Crippen molar-refractivity contribution in [2.24, 2.45) is 0 Å². The fraction of sp³-hybridized carbons (Fsp3) is 0.278. The van der Waals surface area contributed by atoms with Crippen molar-refractivity contribution >= 4 is 0 Å². The quantitative estimate of drug-likeness (QED) is 0.834. The Kier molecular flexibility index (Phi) is 3.39. The summed E-state index contributed by atoms with van der Waals surface area (Å²) in [4.78, 5) is 0. The topological polar surface area (TPSA) is 18.5 Å². The van der Waals surface area contributed by atoms with Gasteiger partial charge < -0.3 is 9.47 Å². The summed E-state index contributed by atoms with van der Waals surface area (Å²) in [7, 11) is 3.40. The van der Waals surface area contributed by atoms with Crippen LogP contribution >= 0.6 is 0 Å². The minimum Gasteiger partial charge on any atom is -0.497 e. The molecule has 2 aromatic rings. The lowest BCUT2D eigenvalue weighted by Gasteiger charge is -2.43. The molecule has 1 fully saturated rings. The Bertz CT molecular complexity index is 516. The Labute approximate surface area is 120 Å². The Morgan fingerprint density at radius 2 is 1.10 bits per heavy atom. The normalized spacial score (nSPS) is 16.3. The van der Waals surface area contributed by atoms with Crippen LogP contribution in [0.5, 0.6) is 11.5 Å². The number of ether oxygens (including phenoxy) is 2. The number of rotatable bonds is 4. The molecule has 2 heteroatoms. The average molecular weight is 267 g/mol. The lowest BCUT2D eigenvalue weighted by atomic mass is 9.60. The van der Waals surface area contributed by atoms with E-state index < -0.39 is 0 Å². The third kappa shape index (κ3) is 2.05. The van der Waals surface area contributed by atoms with Gasteiger partial charge in [0.05, 0.1) is 14.2 Å². The van der Waals surface area contributed by atoms with Gasteiger partial charge in [-0.15, -0.1) is 0 Å². The number of hydrogen-bond donors (Lipinski definition) is 0. The van der Waals surface area contributed by atoms with Gasteiger partial charge in [0.2, 0.25) is 0 Å². The van der Waals surface area contributed by atoms with E-state index in [1.165, 1.54) is 11.1 Å². The highest BCUT2D eigenvalue weighted by Gasteiger charge is 2.40. The minimum atomic E-state index is 0.124. The monoisotopic (exact) mass is 267 g/mol. The predicted octanol–water partition coefficient (Wildman–Crippen LogP) is 3.99. The second-order valence-corrected chi connectivity index (χ2v) is 5.24. The Balaban J connectivity index is 1.96. The molecule has 103 valence electrons. The van der Waals surface area contributed by atoms with Crippen molar-refractivity contribution in [3.05, 3.63) is 66.1 Å². The zero-order valence-corrected chi connectivity index (χ0v) is 11.9. The van der Waals surface area contributed by atoms with Crippen molar-refractivity contribution in [1.29, 1.82) is 0 Å². The highest BCUT2D eigenvalue weighted by atomic mass is 16.5. The second-order valence-electron chi connectivity index (χ2n) is 5.24. The van der Waals surface area contributed by atoms with E-state index in [4.69, 9.17) is 9.47 Å². The van der Waals surface area contributed by atoms with Crippen molar-refractivity contribution in [2.45, 2.75) is 18.3 Å². The van der Waals surface area contributed by atoms with Gasteiger partial charge >= 0.3 is 0 Å². The van der Waals surface area contributed by atoms with Crippen LogP contribution in [0.4, 0.5) is 0 Å². The number of methoxy groups -OCH3 is 2. The van der Waals surface area contributed by atoms with Crippen molar-refractivity contribution in [1.82, 2.24) is 0 Å². The molecule has 3 rings (SSSR count). The zero-order valence-electron chi connectivity index (χ0n) is 11.9. The maximum absolute atomic E-state index is 5.25. The lowest BCUT2D eigenvalue weighted by molar-refractivity contribution is 0.388. The largest absolute Gasteiger partial charge is 0.497 e. The first-order valence-electron chi connectivity index (χ1n) is 6.89. The molecule has 0 atom stereocenters. The van der Waals surface area contributed by atoms with Gasteiger partial charge in [-0.1, -0.05) is 24.3 Å². The van der Waals surface area contributed by atoms with Crippen LogP contribution in [0.2, 0.25) is 0 Å². The van der Waals surface area contributed by atoms with Crippen molar-refractivity contribution < 1.29 is 9.47 Å². The summed E-state index contributed by atoms with van der Waals surface area (Å²) in [5.41, 5.74) is 2.83. The van der Waals surface area contributed by atoms with Crippen LogP contribution in [0.15, 0.2) is 48.5 Å². The van der Waals surface area contributed by atoms with Crippen molar-refractivity contribution in [3.8, 4) is 11.5 Å². The number of hydrogen-bond acceptors (Lipinski definition) is 2. The van der Waals surface area contributed by atoms with E-state index >= 15 is 0 Å². The van der Waals surface area contributed by atoms with Gasteiger partial charge in [0, 0.05) is 5.41 Å². The van der Waals surface area contributed by atoms with Gasteiger partial charge in [-0.05, 0) is 54.7 Å². The molecule has 0 unspecified atom stereocenters. The smallest absolute Gasteiger partial charge is 0.118 e. The van der Waals surface area contributed by atoms with Gasteiger partial charge in [0.25, 0.3) is 0 Å². The fourth-order valence-electron chi connectivity index (χ4n) is 2.89. The summed E-state index contributed by atoms with van der Waals surface area (Å²) >= 11 is 0. The molecule has 0 N–H and O–H groups in total. The SMILES string of the molecule is COc1ccc(C2(c3ccc(OC)cc3)C[CH]C2)cc1. The maximum Gasteiger partial charge on any atom is 0.118 e. The van der Waals surface area contributed by atoms with E-state index in [0.29, 0.717) is 0 Å². The second kappa shape index (κ2) is 5.20. The molecule has 0 aromatic heterocycles. The summed E-state index contributed by atoms with van der Waals surface area (Å²) in [5, 5.41) is 0. The zero-order chi connectivity index (χ0) is 14.0. The molecule has 0 spiro atoms. The van der Waals surface area contributed by atoms with E-state index in [1.54, 1.807) is 14.2 Å².